The average molecular weight is 405 g/mol. The van der Waals surface area contributed by atoms with E-state index in [1.54, 1.807) is 0 Å². The van der Waals surface area contributed by atoms with Crippen LogP contribution in [0.3, 0.4) is 0 Å². The van der Waals surface area contributed by atoms with Crippen molar-refractivity contribution in [2.24, 2.45) is 11.8 Å². The van der Waals surface area contributed by atoms with Gasteiger partial charge in [0.05, 0.1) is 12.6 Å². The van der Waals surface area contributed by atoms with Gasteiger partial charge in [-0.25, -0.2) is 0 Å². The molecule has 156 valence electrons. The van der Waals surface area contributed by atoms with Gasteiger partial charge >= 0.3 is 0 Å². The summed E-state index contributed by atoms with van der Waals surface area (Å²) in [7, 11) is 0. The molecule has 1 aromatic heterocycles. The predicted octanol–water partition coefficient (Wildman–Crippen LogP) is 4.58. The highest BCUT2D eigenvalue weighted by molar-refractivity contribution is 5.76. The molecule has 1 heterocycles. The lowest BCUT2D eigenvalue weighted by molar-refractivity contribution is -0.122. The minimum atomic E-state index is 0.00349. The van der Waals surface area contributed by atoms with Crippen LogP contribution in [0.25, 0.3) is 11.4 Å². The maximum Gasteiger partial charge on any atom is 0.227 e. The second-order valence-electron chi connectivity index (χ2n) is 7.80. The van der Waals surface area contributed by atoms with E-state index in [0.717, 1.165) is 23.3 Å². The molecule has 3 unspecified atom stereocenters. The zero-order valence-electron chi connectivity index (χ0n) is 17.4. The van der Waals surface area contributed by atoms with Crippen LogP contribution in [0.4, 0.5) is 0 Å². The van der Waals surface area contributed by atoms with Crippen molar-refractivity contribution < 1.29 is 14.1 Å². The quantitative estimate of drug-likeness (QED) is 0.564. The molecule has 3 atom stereocenters. The third kappa shape index (κ3) is 4.87. The fourth-order valence-corrected chi connectivity index (χ4v) is 3.72. The van der Waals surface area contributed by atoms with Crippen LogP contribution in [0.15, 0.2) is 59.1 Å². The van der Waals surface area contributed by atoms with Gasteiger partial charge in [0, 0.05) is 18.4 Å². The third-order valence-electron chi connectivity index (χ3n) is 5.53. The van der Waals surface area contributed by atoms with E-state index in [-0.39, 0.29) is 11.9 Å². The number of aromatic nitrogens is 2. The van der Waals surface area contributed by atoms with Crippen molar-refractivity contribution in [3.05, 3.63) is 66.1 Å². The highest BCUT2D eigenvalue weighted by atomic mass is 16.5. The molecular weight excluding hydrogens is 378 g/mol. The molecule has 6 nitrogen and oxygen atoms in total. The van der Waals surface area contributed by atoms with Crippen molar-refractivity contribution in [1.29, 1.82) is 0 Å². The van der Waals surface area contributed by atoms with Crippen molar-refractivity contribution in [1.82, 2.24) is 15.5 Å². The van der Waals surface area contributed by atoms with E-state index in [0.29, 0.717) is 43.0 Å². The first-order valence-electron chi connectivity index (χ1n) is 10.5. The van der Waals surface area contributed by atoms with E-state index in [1.807, 2.05) is 49.4 Å². The zero-order valence-corrected chi connectivity index (χ0v) is 17.4. The highest BCUT2D eigenvalue weighted by Crippen LogP contribution is 2.46. The second-order valence-corrected chi connectivity index (χ2v) is 7.80. The summed E-state index contributed by atoms with van der Waals surface area (Å²) in [5, 5.41) is 7.25. The average Bonchev–Trinajstić information content (AvgIpc) is 3.30. The van der Waals surface area contributed by atoms with Gasteiger partial charge in [0.1, 0.15) is 5.75 Å². The highest BCUT2D eigenvalue weighted by Gasteiger charge is 2.40. The summed E-state index contributed by atoms with van der Waals surface area (Å²) >= 11 is 0. The van der Waals surface area contributed by atoms with Crippen LogP contribution in [0.1, 0.15) is 44.2 Å². The first kappa shape index (κ1) is 20.1. The molecule has 1 N–H and O–H groups in total. The van der Waals surface area contributed by atoms with Crippen molar-refractivity contribution in [2.75, 3.05) is 6.61 Å². The van der Waals surface area contributed by atoms with Gasteiger partial charge in [-0.1, -0.05) is 42.4 Å². The molecule has 1 aliphatic rings. The number of amides is 1. The molecule has 0 spiro atoms. The summed E-state index contributed by atoms with van der Waals surface area (Å²) < 4.78 is 10.8. The van der Waals surface area contributed by atoms with Crippen LogP contribution in [0.5, 0.6) is 5.75 Å². The van der Waals surface area contributed by atoms with Crippen molar-refractivity contribution in [3.8, 4) is 17.1 Å². The van der Waals surface area contributed by atoms with Crippen molar-refractivity contribution in [2.45, 2.75) is 39.2 Å². The molecule has 1 amide bonds. The van der Waals surface area contributed by atoms with E-state index in [9.17, 15) is 4.79 Å². The van der Waals surface area contributed by atoms with Gasteiger partial charge in [0.25, 0.3) is 0 Å². The lowest BCUT2D eigenvalue weighted by atomic mass is 10.0. The Morgan fingerprint density at radius 2 is 1.93 bits per heavy atom. The molecular formula is C24H27N3O3. The maximum absolute atomic E-state index is 12.6. The molecule has 1 fully saturated rings. The van der Waals surface area contributed by atoms with Gasteiger partial charge < -0.3 is 14.6 Å². The fraction of sp³-hybridized carbons (Fsp3) is 0.375. The largest absolute Gasteiger partial charge is 0.494 e. The SMILES string of the molecule is CCOc1ccc(-c2noc(CCC(=O)NC(c3ccccc3)C3CC3C)n2)cc1. The topological polar surface area (TPSA) is 77.2 Å². The molecule has 0 saturated heterocycles. The normalized spacial score (nSPS) is 18.6. The number of hydrogen-bond acceptors (Lipinski definition) is 5. The first-order chi connectivity index (χ1) is 14.6. The number of ether oxygens (including phenoxy) is 1. The Bertz CT molecular complexity index is 969. The molecule has 3 aromatic rings. The summed E-state index contributed by atoms with van der Waals surface area (Å²) in [5.74, 6) is 2.94. The predicted molar refractivity (Wildman–Crippen MR) is 114 cm³/mol. The number of carbonyl (C=O) groups is 1. The summed E-state index contributed by atoms with van der Waals surface area (Å²) in [5.41, 5.74) is 2.01. The first-order valence-corrected chi connectivity index (χ1v) is 10.5. The van der Waals surface area contributed by atoms with Crippen LogP contribution in [0.2, 0.25) is 0 Å². The van der Waals surface area contributed by atoms with Crippen LogP contribution in [0, 0.1) is 11.8 Å². The van der Waals surface area contributed by atoms with Gasteiger partial charge in [0.2, 0.25) is 17.6 Å². The van der Waals surface area contributed by atoms with E-state index in [1.165, 1.54) is 0 Å². The minimum absolute atomic E-state index is 0.00349. The van der Waals surface area contributed by atoms with Crippen LogP contribution in [-0.4, -0.2) is 22.7 Å². The molecule has 1 aliphatic carbocycles. The molecule has 0 aliphatic heterocycles. The zero-order chi connectivity index (χ0) is 20.9. The number of carbonyl (C=O) groups excluding carboxylic acids is 1. The standard InChI is InChI=1S/C24H27N3O3/c1-3-29-19-11-9-18(10-12-19)24-26-22(30-27-24)14-13-21(28)25-23(20-15-16(20)2)17-7-5-4-6-8-17/h4-12,16,20,23H,3,13-15H2,1-2H3,(H,25,28). The molecule has 0 bridgehead atoms. The molecule has 30 heavy (non-hydrogen) atoms. The van der Waals surface area contributed by atoms with E-state index < -0.39 is 0 Å². The van der Waals surface area contributed by atoms with Crippen LogP contribution >= 0.6 is 0 Å². The number of rotatable bonds is 9. The Kier molecular flexibility index (Phi) is 6.12. The summed E-state index contributed by atoms with van der Waals surface area (Å²) in [4.78, 5) is 17.0. The lowest BCUT2D eigenvalue weighted by Gasteiger charge is -2.19. The van der Waals surface area contributed by atoms with Gasteiger partial charge in [-0.2, -0.15) is 4.98 Å². The second kappa shape index (κ2) is 9.11. The number of nitrogens with one attached hydrogen (secondary N) is 1. The Morgan fingerprint density at radius 3 is 2.60 bits per heavy atom. The summed E-state index contributed by atoms with van der Waals surface area (Å²) in [6, 6.07) is 17.8. The van der Waals surface area contributed by atoms with Crippen molar-refractivity contribution >= 4 is 5.91 Å². The van der Waals surface area contributed by atoms with Crippen LogP contribution < -0.4 is 10.1 Å². The fourth-order valence-electron chi connectivity index (χ4n) is 3.72. The maximum atomic E-state index is 12.6. The Balaban J connectivity index is 1.34. The molecule has 0 radical (unpaired) electrons. The third-order valence-corrected chi connectivity index (χ3v) is 5.53. The van der Waals surface area contributed by atoms with E-state index in [2.05, 4.69) is 34.5 Å². The van der Waals surface area contributed by atoms with Gasteiger partial charge in [0.15, 0.2) is 0 Å². The summed E-state index contributed by atoms with van der Waals surface area (Å²) in [6.45, 7) is 4.80. The number of hydrogen-bond donors (Lipinski definition) is 1. The van der Waals surface area contributed by atoms with Gasteiger partial charge in [-0.15, -0.1) is 0 Å². The Labute approximate surface area is 176 Å². The van der Waals surface area contributed by atoms with Crippen molar-refractivity contribution in [3.63, 3.8) is 0 Å². The summed E-state index contributed by atoms with van der Waals surface area (Å²) in [6.07, 6.45) is 1.88. The van der Waals surface area contributed by atoms with Crippen LogP contribution in [-0.2, 0) is 11.2 Å². The minimum Gasteiger partial charge on any atom is -0.494 e. The Hall–Kier alpha value is -3.15. The monoisotopic (exact) mass is 405 g/mol. The molecule has 2 aromatic carbocycles. The molecule has 6 heteroatoms. The molecule has 4 rings (SSSR count). The Morgan fingerprint density at radius 1 is 1.20 bits per heavy atom. The van der Waals surface area contributed by atoms with E-state index in [4.69, 9.17) is 9.26 Å². The van der Waals surface area contributed by atoms with Gasteiger partial charge in [-0.3, -0.25) is 4.79 Å². The van der Waals surface area contributed by atoms with Gasteiger partial charge in [-0.05, 0) is 55.0 Å². The lowest BCUT2D eigenvalue weighted by Crippen LogP contribution is -2.30. The van der Waals surface area contributed by atoms with E-state index >= 15 is 0 Å². The number of benzene rings is 2. The number of aryl methyl sites for hydroxylation is 1. The molecule has 1 saturated carbocycles. The smallest absolute Gasteiger partial charge is 0.227 e. The number of nitrogens with zero attached hydrogens (tertiary/aromatic N) is 2.